The number of fused-ring (bicyclic) bond motifs is 3. The van der Waals surface area contributed by atoms with E-state index in [0.717, 1.165) is 12.0 Å². The van der Waals surface area contributed by atoms with Crippen LogP contribution in [0.25, 0.3) is 0 Å². The average Bonchev–Trinajstić information content (AvgIpc) is 2.64. The molecule has 4 rings (SSSR count). The maximum absolute atomic E-state index is 12.8. The lowest BCUT2D eigenvalue weighted by Crippen LogP contribution is -2.48. The first-order valence-electron chi connectivity index (χ1n) is 8.65. The Bertz CT molecular complexity index is 868. The topological polar surface area (TPSA) is 49.7 Å². The van der Waals surface area contributed by atoms with Gasteiger partial charge in [0.2, 0.25) is 0 Å². The molecule has 0 N–H and O–H groups in total. The monoisotopic (exact) mass is 332 g/mol. The number of aliphatic imine (C=N–C) groups is 1. The molecule has 0 aliphatic carbocycles. The summed E-state index contributed by atoms with van der Waals surface area (Å²) >= 11 is 0. The lowest BCUT2D eigenvalue weighted by molar-refractivity contribution is -0.127. The number of Topliss-reactive ketones (excluding diaryl/α,β-unsaturated/α-hetero) is 1. The summed E-state index contributed by atoms with van der Waals surface area (Å²) in [4.78, 5) is 31.7. The molecule has 4 heteroatoms. The smallest absolute Gasteiger partial charge is 0.268 e. The third kappa shape index (κ3) is 2.88. The number of hydrogen-bond acceptors (Lipinski definition) is 3. The summed E-state index contributed by atoms with van der Waals surface area (Å²) in [7, 11) is 0. The first-order valence-corrected chi connectivity index (χ1v) is 8.65. The van der Waals surface area contributed by atoms with E-state index in [2.05, 4.69) is 17.1 Å². The number of hydrogen-bond donors (Lipinski definition) is 0. The van der Waals surface area contributed by atoms with E-state index in [9.17, 15) is 9.59 Å². The van der Waals surface area contributed by atoms with Gasteiger partial charge in [-0.05, 0) is 24.5 Å². The van der Waals surface area contributed by atoms with E-state index in [1.807, 2.05) is 48.2 Å². The van der Waals surface area contributed by atoms with Crippen molar-refractivity contribution in [3.63, 3.8) is 0 Å². The van der Waals surface area contributed by atoms with Gasteiger partial charge < -0.3 is 4.90 Å². The maximum atomic E-state index is 12.8. The van der Waals surface area contributed by atoms with Crippen LogP contribution in [0.1, 0.15) is 39.5 Å². The van der Waals surface area contributed by atoms with Crippen molar-refractivity contribution in [3.8, 4) is 0 Å². The van der Waals surface area contributed by atoms with Crippen LogP contribution in [0.5, 0.6) is 0 Å². The zero-order valence-corrected chi connectivity index (χ0v) is 14.2. The molecule has 0 fully saturated rings. The quantitative estimate of drug-likeness (QED) is 0.811. The van der Waals surface area contributed by atoms with Crippen LogP contribution in [-0.4, -0.2) is 35.4 Å². The van der Waals surface area contributed by atoms with Gasteiger partial charge in [0, 0.05) is 12.1 Å². The van der Waals surface area contributed by atoms with Crippen LogP contribution in [0.15, 0.2) is 53.5 Å². The summed E-state index contributed by atoms with van der Waals surface area (Å²) in [5.41, 5.74) is 4.62. The SMILES string of the molecule is Cc1ccc(C(=O)CC2=NC[C@H]3c4ccccc4CCN3C2=O)cc1. The Kier molecular flexibility index (Phi) is 3.96. The summed E-state index contributed by atoms with van der Waals surface area (Å²) in [6.45, 7) is 3.22. The molecule has 0 bridgehead atoms. The van der Waals surface area contributed by atoms with Crippen LogP contribution < -0.4 is 0 Å². The number of rotatable bonds is 3. The summed E-state index contributed by atoms with van der Waals surface area (Å²) in [6.07, 6.45) is 0.935. The molecule has 0 saturated heterocycles. The van der Waals surface area contributed by atoms with E-state index in [4.69, 9.17) is 0 Å². The zero-order valence-electron chi connectivity index (χ0n) is 14.2. The van der Waals surface area contributed by atoms with E-state index >= 15 is 0 Å². The van der Waals surface area contributed by atoms with Crippen molar-refractivity contribution in [2.75, 3.05) is 13.1 Å². The van der Waals surface area contributed by atoms with E-state index in [1.165, 1.54) is 11.1 Å². The third-order valence-corrected chi connectivity index (χ3v) is 5.08. The van der Waals surface area contributed by atoms with Crippen LogP contribution in [0.3, 0.4) is 0 Å². The fourth-order valence-electron chi connectivity index (χ4n) is 3.65. The van der Waals surface area contributed by atoms with Crippen molar-refractivity contribution in [1.29, 1.82) is 0 Å². The standard InChI is InChI=1S/C21H20N2O2/c1-14-6-8-16(9-7-14)20(24)12-18-21(25)23-11-10-15-4-2-3-5-17(15)19(23)13-22-18/h2-9,19H,10-13H2,1H3/t19-/m0/s1. The van der Waals surface area contributed by atoms with Crippen LogP contribution in [0.4, 0.5) is 0 Å². The zero-order chi connectivity index (χ0) is 17.4. The highest BCUT2D eigenvalue weighted by atomic mass is 16.2. The highest BCUT2D eigenvalue weighted by Gasteiger charge is 2.36. The van der Waals surface area contributed by atoms with Gasteiger partial charge in [-0.1, -0.05) is 54.1 Å². The Morgan fingerprint density at radius 2 is 1.92 bits per heavy atom. The molecule has 0 radical (unpaired) electrons. The second-order valence-corrected chi connectivity index (χ2v) is 6.72. The number of carbonyl (C=O) groups is 2. The number of carbonyl (C=O) groups excluding carboxylic acids is 2. The van der Waals surface area contributed by atoms with E-state index < -0.39 is 0 Å². The van der Waals surface area contributed by atoms with Crippen molar-refractivity contribution >= 4 is 17.4 Å². The van der Waals surface area contributed by atoms with E-state index in [0.29, 0.717) is 24.4 Å². The first-order chi connectivity index (χ1) is 12.1. The van der Waals surface area contributed by atoms with Gasteiger partial charge in [0.15, 0.2) is 5.78 Å². The fraction of sp³-hybridized carbons (Fsp3) is 0.286. The molecular formula is C21H20N2O2. The Hall–Kier alpha value is -2.75. The minimum Gasteiger partial charge on any atom is -0.328 e. The Balaban J connectivity index is 1.55. The number of nitrogens with zero attached hydrogens (tertiary/aromatic N) is 2. The molecule has 2 aromatic rings. The third-order valence-electron chi connectivity index (χ3n) is 5.08. The molecule has 4 nitrogen and oxygen atoms in total. The Labute approximate surface area is 147 Å². The molecule has 2 heterocycles. The van der Waals surface area contributed by atoms with Gasteiger partial charge >= 0.3 is 0 Å². The van der Waals surface area contributed by atoms with Gasteiger partial charge in [0.25, 0.3) is 5.91 Å². The lowest BCUT2D eigenvalue weighted by atomic mass is 9.90. The molecule has 0 saturated carbocycles. The Morgan fingerprint density at radius 3 is 2.72 bits per heavy atom. The van der Waals surface area contributed by atoms with Crippen molar-refractivity contribution < 1.29 is 9.59 Å². The van der Waals surface area contributed by atoms with Gasteiger partial charge in [0.1, 0.15) is 5.71 Å². The molecule has 2 aliphatic rings. The minimum absolute atomic E-state index is 0.00989. The van der Waals surface area contributed by atoms with Gasteiger partial charge in [-0.2, -0.15) is 0 Å². The number of ketones is 1. The maximum Gasteiger partial charge on any atom is 0.268 e. The highest BCUT2D eigenvalue weighted by Crippen LogP contribution is 2.32. The van der Waals surface area contributed by atoms with Crippen LogP contribution >= 0.6 is 0 Å². The molecule has 2 aliphatic heterocycles. The summed E-state index contributed by atoms with van der Waals surface area (Å²) < 4.78 is 0. The van der Waals surface area contributed by atoms with Gasteiger partial charge in [-0.15, -0.1) is 0 Å². The van der Waals surface area contributed by atoms with Crippen LogP contribution in [-0.2, 0) is 11.2 Å². The molecule has 25 heavy (non-hydrogen) atoms. The van der Waals surface area contributed by atoms with Crippen molar-refractivity contribution in [2.45, 2.75) is 25.8 Å². The Morgan fingerprint density at radius 1 is 1.16 bits per heavy atom. The van der Waals surface area contributed by atoms with Crippen molar-refractivity contribution in [1.82, 2.24) is 4.90 Å². The second kappa shape index (κ2) is 6.28. The van der Waals surface area contributed by atoms with Crippen LogP contribution in [0.2, 0.25) is 0 Å². The molecule has 1 amide bonds. The summed E-state index contributed by atoms with van der Waals surface area (Å²) in [5.74, 6) is -0.144. The fourth-order valence-corrected chi connectivity index (χ4v) is 3.65. The van der Waals surface area contributed by atoms with Gasteiger partial charge in [-0.3, -0.25) is 14.6 Å². The molecule has 2 aromatic carbocycles. The summed E-state index contributed by atoms with van der Waals surface area (Å²) in [6, 6.07) is 15.7. The van der Waals surface area contributed by atoms with Gasteiger partial charge in [0.05, 0.1) is 19.0 Å². The number of aryl methyl sites for hydroxylation is 1. The van der Waals surface area contributed by atoms with Crippen LogP contribution in [0, 0.1) is 6.92 Å². The summed E-state index contributed by atoms with van der Waals surface area (Å²) in [5, 5.41) is 0. The number of amides is 1. The normalized spacial score (nSPS) is 19.1. The molecule has 0 unspecified atom stereocenters. The van der Waals surface area contributed by atoms with Crippen molar-refractivity contribution in [2.24, 2.45) is 4.99 Å². The molecule has 1 atom stereocenters. The molecular weight excluding hydrogens is 312 g/mol. The van der Waals surface area contributed by atoms with Gasteiger partial charge in [-0.25, -0.2) is 0 Å². The predicted molar refractivity (Wildman–Crippen MR) is 97.0 cm³/mol. The largest absolute Gasteiger partial charge is 0.328 e. The second-order valence-electron chi connectivity index (χ2n) is 6.72. The van der Waals surface area contributed by atoms with E-state index in [-0.39, 0.29) is 24.2 Å². The molecule has 0 aromatic heterocycles. The highest BCUT2D eigenvalue weighted by molar-refractivity contribution is 6.43. The predicted octanol–water partition coefficient (Wildman–Crippen LogP) is 3.15. The van der Waals surface area contributed by atoms with E-state index in [1.54, 1.807) is 0 Å². The minimum atomic E-state index is -0.0915. The lowest BCUT2D eigenvalue weighted by Gasteiger charge is -2.39. The average molecular weight is 332 g/mol. The van der Waals surface area contributed by atoms with Crippen molar-refractivity contribution in [3.05, 3.63) is 70.8 Å². The molecule has 126 valence electrons. The first kappa shape index (κ1) is 15.8. The molecule has 0 spiro atoms. The number of benzene rings is 2.